The van der Waals surface area contributed by atoms with Crippen LogP contribution in [0.25, 0.3) is 0 Å². The van der Waals surface area contributed by atoms with Gasteiger partial charge >= 0.3 is 5.97 Å². The van der Waals surface area contributed by atoms with Gasteiger partial charge in [0.2, 0.25) is 35.4 Å². The molecule has 6 amide bonds. The monoisotopic (exact) mass is 1200 g/mol. The maximum Gasteiger partial charge on any atom is 0.306 e. The number of esters is 1. The molecule has 0 saturated carbocycles. The Hall–Kier alpha value is -4.93. The van der Waals surface area contributed by atoms with Crippen LogP contribution in [0.4, 0.5) is 0 Å². The number of ether oxygens (including phenoxy) is 5. The van der Waals surface area contributed by atoms with Gasteiger partial charge in [0.1, 0.15) is 49.3 Å². The lowest BCUT2D eigenvalue weighted by Gasteiger charge is -2.38. The first-order valence-corrected chi connectivity index (χ1v) is 30.6. The molecule has 25 heteroatoms. The minimum atomic E-state index is -1.54. The molecule has 1 aromatic rings. The van der Waals surface area contributed by atoms with Gasteiger partial charge < -0.3 is 86.2 Å². The molecule has 3 rings (SSSR count). The normalized spacial score (nSPS) is 22.6. The number of hydrogen-bond acceptors (Lipinski definition) is 19. The number of hydrogen-bond donors (Lipinski definition) is 12. The van der Waals surface area contributed by atoms with E-state index in [1.165, 1.54) is 83.0 Å². The molecule has 0 unspecified atom stereocenters. The molecular formula is C59H101N7O18. The number of carbonyl (C=O) groups excluding carboxylic acids is 7. The summed E-state index contributed by atoms with van der Waals surface area (Å²) in [7, 11) is 0. The van der Waals surface area contributed by atoms with Crippen LogP contribution in [-0.4, -0.2) is 210 Å². The Morgan fingerprint density at radius 1 is 0.488 bits per heavy atom. The van der Waals surface area contributed by atoms with Crippen molar-refractivity contribution < 1.29 is 87.9 Å². The molecule has 480 valence electrons. The van der Waals surface area contributed by atoms with Crippen molar-refractivity contribution in [1.82, 2.24) is 36.8 Å². The molecule has 0 aromatic heterocycles. The maximum atomic E-state index is 13.3. The van der Waals surface area contributed by atoms with E-state index in [9.17, 15) is 64.2 Å². The molecule has 84 heavy (non-hydrogen) atoms. The highest BCUT2D eigenvalue weighted by molar-refractivity contribution is 5.88. The average Bonchev–Trinajstić information content (AvgIpc) is 3.68. The number of nitrogens with one attached hydrogen (secondary N) is 6. The zero-order valence-corrected chi connectivity index (χ0v) is 49.9. The van der Waals surface area contributed by atoms with Gasteiger partial charge in [0.15, 0.2) is 12.6 Å². The molecular weight excluding hydrogens is 1090 g/mol. The van der Waals surface area contributed by atoms with E-state index in [1.807, 2.05) is 30.3 Å². The Morgan fingerprint density at radius 2 is 0.917 bits per heavy atom. The summed E-state index contributed by atoms with van der Waals surface area (Å²) >= 11 is 0. The van der Waals surface area contributed by atoms with Gasteiger partial charge in [0.05, 0.1) is 45.1 Å². The molecule has 0 spiro atoms. The lowest BCUT2D eigenvalue weighted by Crippen LogP contribution is -2.57. The van der Waals surface area contributed by atoms with Crippen molar-refractivity contribution >= 4 is 41.4 Å². The molecule has 2 aliphatic heterocycles. The van der Waals surface area contributed by atoms with Gasteiger partial charge in [0.25, 0.3) is 0 Å². The summed E-state index contributed by atoms with van der Waals surface area (Å²) in [5.41, 5.74) is 0.825. The third-order valence-corrected chi connectivity index (χ3v) is 14.6. The summed E-state index contributed by atoms with van der Waals surface area (Å²) in [6, 6.07) is 8.24. The first-order chi connectivity index (χ1) is 40.4. The van der Waals surface area contributed by atoms with Gasteiger partial charge in [-0.2, -0.15) is 0 Å². The third kappa shape index (κ3) is 31.5. The summed E-state index contributed by atoms with van der Waals surface area (Å²) in [5, 5.41) is 76.6. The Labute approximate surface area is 495 Å². The quantitative estimate of drug-likeness (QED) is 0.0320. The molecule has 1 aromatic carbocycles. The van der Waals surface area contributed by atoms with Gasteiger partial charge in [-0.15, -0.1) is 0 Å². The number of carbonyl (C=O) groups is 7. The number of aliphatic hydroxyl groups excluding tert-OH is 6. The van der Waals surface area contributed by atoms with E-state index in [-0.39, 0.29) is 96.6 Å². The van der Waals surface area contributed by atoms with E-state index in [0.29, 0.717) is 25.7 Å². The molecule has 2 aliphatic rings. The van der Waals surface area contributed by atoms with Gasteiger partial charge in [-0.1, -0.05) is 127 Å². The van der Waals surface area contributed by atoms with Gasteiger partial charge in [-0.05, 0) is 45.1 Å². The standard InChI is InChI=1S/C59H101N7O18/c1-4-5-6-7-8-9-10-11-12-13-14-15-16-21-27-46(68)65-44(28-29-50(72)82-40-43-24-19-17-20-25-43)57(79)64-32-31-61-45(67)26-22-18-23-30-60-47(69)37-66(38-48(70)62-33-35-80-58-55(77)53(75)51(73)41(2)83-58)39-49(71)63-34-36-81-59-56(78)54(76)52(74)42(3)84-59/h17,19-20,24-25,41-42,44,51-56,58-59,73-78H,4-16,18,21-23,26-40H2,1-3H3,(H,60,69)(H,61,67)(H,62,70)(H,63,71)(H,64,79)(H,65,68)/t41-,42-,44-,51+,52+,53+,54+,55-,56-,58+,59+/m0/s1. The van der Waals surface area contributed by atoms with Crippen LogP contribution in [0.5, 0.6) is 0 Å². The van der Waals surface area contributed by atoms with Crippen LogP contribution in [0, 0.1) is 0 Å². The van der Waals surface area contributed by atoms with Crippen LogP contribution in [0.15, 0.2) is 30.3 Å². The zero-order chi connectivity index (χ0) is 61.5. The second-order valence-electron chi connectivity index (χ2n) is 21.9. The summed E-state index contributed by atoms with van der Waals surface area (Å²) < 4.78 is 27.1. The van der Waals surface area contributed by atoms with Gasteiger partial charge in [-0.25, -0.2) is 0 Å². The smallest absolute Gasteiger partial charge is 0.306 e. The highest BCUT2D eigenvalue weighted by Crippen LogP contribution is 2.23. The lowest BCUT2D eigenvalue weighted by atomic mass is 10.0. The van der Waals surface area contributed by atoms with Crippen LogP contribution < -0.4 is 31.9 Å². The van der Waals surface area contributed by atoms with Crippen molar-refractivity contribution in [3.63, 3.8) is 0 Å². The van der Waals surface area contributed by atoms with Crippen molar-refractivity contribution in [2.45, 2.75) is 230 Å². The third-order valence-electron chi connectivity index (χ3n) is 14.6. The summed E-state index contributed by atoms with van der Waals surface area (Å²) in [6.45, 7) is 4.14. The molecule has 0 aliphatic carbocycles. The van der Waals surface area contributed by atoms with E-state index in [4.69, 9.17) is 23.7 Å². The maximum absolute atomic E-state index is 13.3. The van der Waals surface area contributed by atoms with Crippen molar-refractivity contribution in [3.8, 4) is 0 Å². The molecule has 0 radical (unpaired) electrons. The Bertz CT molecular complexity index is 1970. The summed E-state index contributed by atoms with van der Waals surface area (Å²) in [4.78, 5) is 92.0. The molecule has 25 nitrogen and oxygen atoms in total. The molecule has 2 fully saturated rings. The Kier molecular flexibility index (Phi) is 38.1. The van der Waals surface area contributed by atoms with E-state index in [1.54, 1.807) is 0 Å². The fraction of sp³-hybridized carbons (Fsp3) is 0.780. The summed E-state index contributed by atoms with van der Waals surface area (Å²) in [5.74, 6) is -3.15. The largest absolute Gasteiger partial charge is 0.461 e. The molecule has 2 heterocycles. The minimum absolute atomic E-state index is 0.0367. The number of amides is 6. The molecule has 11 atom stereocenters. The van der Waals surface area contributed by atoms with E-state index in [0.717, 1.165) is 24.8 Å². The predicted molar refractivity (Wildman–Crippen MR) is 309 cm³/mol. The second-order valence-corrected chi connectivity index (χ2v) is 21.9. The highest BCUT2D eigenvalue weighted by Gasteiger charge is 2.43. The highest BCUT2D eigenvalue weighted by atomic mass is 16.7. The van der Waals surface area contributed by atoms with Crippen LogP contribution in [0.2, 0.25) is 0 Å². The van der Waals surface area contributed by atoms with Crippen molar-refractivity contribution in [1.29, 1.82) is 0 Å². The fourth-order valence-electron chi connectivity index (χ4n) is 9.48. The second kappa shape index (κ2) is 43.7. The number of rotatable bonds is 45. The van der Waals surface area contributed by atoms with Crippen LogP contribution >= 0.6 is 0 Å². The first kappa shape index (κ1) is 73.3. The average molecular weight is 1200 g/mol. The van der Waals surface area contributed by atoms with Crippen molar-refractivity contribution in [3.05, 3.63) is 35.9 Å². The van der Waals surface area contributed by atoms with Crippen LogP contribution in [0.3, 0.4) is 0 Å². The topological polar surface area (TPSA) is 362 Å². The van der Waals surface area contributed by atoms with E-state index < -0.39 is 110 Å². The van der Waals surface area contributed by atoms with Gasteiger partial charge in [0, 0.05) is 52.0 Å². The number of benzene rings is 1. The van der Waals surface area contributed by atoms with Crippen LogP contribution in [0.1, 0.15) is 161 Å². The number of aliphatic hydroxyl groups is 6. The molecule has 0 bridgehead atoms. The minimum Gasteiger partial charge on any atom is -0.461 e. The zero-order valence-electron chi connectivity index (χ0n) is 49.9. The molecule has 12 N–H and O–H groups in total. The number of unbranched alkanes of at least 4 members (excludes halogenated alkanes) is 15. The van der Waals surface area contributed by atoms with Crippen LogP contribution in [-0.2, 0) is 63.9 Å². The van der Waals surface area contributed by atoms with E-state index >= 15 is 0 Å². The summed E-state index contributed by atoms with van der Waals surface area (Å²) in [6.07, 6.45) is 5.75. The van der Waals surface area contributed by atoms with Crippen molar-refractivity contribution in [2.75, 3.05) is 65.6 Å². The Balaban J connectivity index is 1.37. The van der Waals surface area contributed by atoms with Crippen molar-refractivity contribution in [2.24, 2.45) is 0 Å². The fourth-order valence-corrected chi connectivity index (χ4v) is 9.48. The predicted octanol–water partition coefficient (Wildman–Crippen LogP) is 0.998. The lowest BCUT2D eigenvalue weighted by molar-refractivity contribution is -0.292. The first-order valence-electron chi connectivity index (χ1n) is 30.6. The van der Waals surface area contributed by atoms with E-state index in [2.05, 4.69) is 38.8 Å². The molecule has 2 saturated heterocycles. The van der Waals surface area contributed by atoms with Gasteiger partial charge in [-0.3, -0.25) is 38.5 Å². The Morgan fingerprint density at radius 3 is 1.42 bits per heavy atom. The number of nitrogens with zero attached hydrogens (tertiary/aromatic N) is 1. The SMILES string of the molecule is CCCCCCCCCCCCCCCCC(=O)N[C@@H](CCC(=O)OCc1ccccc1)C(=O)NCCNC(=O)CCCCCNC(=O)CN(CC(=O)NCCO[C@@H]1O[C@@H](C)[C@@H](O)[C@@H](O)[C@@H]1O)CC(=O)NCCO[C@@H]1O[C@@H](C)[C@@H](O)[C@@H](O)[C@@H]1O.